The van der Waals surface area contributed by atoms with Gasteiger partial charge in [0.2, 0.25) is 0 Å². The summed E-state index contributed by atoms with van der Waals surface area (Å²) >= 11 is 0. The summed E-state index contributed by atoms with van der Waals surface area (Å²) in [7, 11) is 0. The Labute approximate surface area is 95.4 Å². The van der Waals surface area contributed by atoms with Gasteiger partial charge < -0.3 is 4.74 Å². The molecule has 0 saturated carbocycles. The molecule has 0 spiro atoms. The normalized spacial score (nSPS) is 11.9. The van der Waals surface area contributed by atoms with E-state index in [0.29, 0.717) is 6.61 Å². The molecule has 0 heterocycles. The molecule has 1 unspecified atom stereocenters. The fourth-order valence-corrected chi connectivity index (χ4v) is 1.35. The van der Waals surface area contributed by atoms with E-state index in [1.165, 1.54) is 0 Å². The summed E-state index contributed by atoms with van der Waals surface area (Å²) in [6, 6.07) is 9.38. The molecule has 0 saturated heterocycles. The number of hydrogen-bond acceptors (Lipinski definition) is 3. The molecule has 16 heavy (non-hydrogen) atoms. The van der Waals surface area contributed by atoms with Gasteiger partial charge in [0.15, 0.2) is 5.78 Å². The Hall–Kier alpha value is -1.64. The van der Waals surface area contributed by atoms with Crippen LogP contribution in [0, 0.1) is 5.92 Å². The molecule has 0 fully saturated rings. The van der Waals surface area contributed by atoms with E-state index in [4.69, 9.17) is 4.74 Å². The molecule has 86 valence electrons. The molecule has 3 nitrogen and oxygen atoms in total. The number of carbonyl (C=O) groups excluding carboxylic acids is 2. The van der Waals surface area contributed by atoms with Crippen LogP contribution in [0.15, 0.2) is 30.3 Å². The first kappa shape index (κ1) is 12.4. The molecule has 0 aliphatic heterocycles. The van der Waals surface area contributed by atoms with Gasteiger partial charge in [0, 0.05) is 6.42 Å². The van der Waals surface area contributed by atoms with Gasteiger partial charge in [-0.2, -0.15) is 0 Å². The predicted octanol–water partition coefficient (Wildman–Crippen LogP) is 2.00. The molecule has 0 amide bonds. The number of hydrogen-bond donors (Lipinski definition) is 0. The van der Waals surface area contributed by atoms with Crippen LogP contribution in [0.1, 0.15) is 19.4 Å². The highest BCUT2D eigenvalue weighted by Crippen LogP contribution is 2.07. The number of ether oxygens (including phenoxy) is 1. The highest BCUT2D eigenvalue weighted by molar-refractivity contribution is 5.99. The van der Waals surface area contributed by atoms with Crippen molar-refractivity contribution in [3.8, 4) is 0 Å². The summed E-state index contributed by atoms with van der Waals surface area (Å²) in [6.45, 7) is 3.62. The Balaban J connectivity index is 2.56. The number of Topliss-reactive ketones (excluding diaryl/α,β-unsaturated/α-hetero) is 1. The first-order chi connectivity index (χ1) is 7.65. The zero-order valence-electron chi connectivity index (χ0n) is 9.60. The number of carbonyl (C=O) groups is 2. The summed E-state index contributed by atoms with van der Waals surface area (Å²) < 4.78 is 4.80. The minimum Gasteiger partial charge on any atom is -0.465 e. The van der Waals surface area contributed by atoms with Gasteiger partial charge in [-0.3, -0.25) is 9.59 Å². The Morgan fingerprint density at radius 2 is 1.88 bits per heavy atom. The molecule has 0 N–H and O–H groups in total. The molecule has 0 aliphatic rings. The van der Waals surface area contributed by atoms with Crippen molar-refractivity contribution < 1.29 is 14.3 Å². The molecule has 3 heteroatoms. The van der Waals surface area contributed by atoms with Crippen molar-refractivity contribution in [2.75, 3.05) is 6.61 Å². The summed E-state index contributed by atoms with van der Waals surface area (Å²) in [5.74, 6) is -1.23. The zero-order valence-corrected chi connectivity index (χ0v) is 9.60. The summed E-state index contributed by atoms with van der Waals surface area (Å²) in [4.78, 5) is 23.1. The zero-order chi connectivity index (χ0) is 12.0. The van der Waals surface area contributed by atoms with E-state index < -0.39 is 11.9 Å². The average molecular weight is 220 g/mol. The van der Waals surface area contributed by atoms with Crippen LogP contribution in [0.2, 0.25) is 0 Å². The van der Waals surface area contributed by atoms with E-state index >= 15 is 0 Å². The lowest BCUT2D eigenvalue weighted by Crippen LogP contribution is -2.24. The Kier molecular flexibility index (Phi) is 4.70. The largest absolute Gasteiger partial charge is 0.465 e. The Morgan fingerprint density at radius 3 is 2.44 bits per heavy atom. The lowest BCUT2D eigenvalue weighted by molar-refractivity contribution is -0.150. The van der Waals surface area contributed by atoms with Gasteiger partial charge >= 0.3 is 5.97 Å². The molecule has 0 aromatic heterocycles. The predicted molar refractivity (Wildman–Crippen MR) is 61.0 cm³/mol. The maximum absolute atomic E-state index is 11.7. The van der Waals surface area contributed by atoms with Crippen molar-refractivity contribution in [1.29, 1.82) is 0 Å². The van der Waals surface area contributed by atoms with Gasteiger partial charge in [-0.15, -0.1) is 0 Å². The minimum atomic E-state index is -0.680. The van der Waals surface area contributed by atoms with Gasteiger partial charge in [0.1, 0.15) is 5.92 Å². The maximum atomic E-state index is 11.7. The summed E-state index contributed by atoms with van der Waals surface area (Å²) in [5, 5.41) is 0. The third kappa shape index (κ3) is 3.50. The lowest BCUT2D eigenvalue weighted by Gasteiger charge is -2.09. The molecular weight excluding hydrogens is 204 g/mol. The number of esters is 1. The Morgan fingerprint density at radius 1 is 1.25 bits per heavy atom. The van der Waals surface area contributed by atoms with E-state index in [1.807, 2.05) is 30.3 Å². The third-order valence-corrected chi connectivity index (χ3v) is 2.34. The maximum Gasteiger partial charge on any atom is 0.316 e. The first-order valence-electron chi connectivity index (χ1n) is 5.38. The summed E-state index contributed by atoms with van der Waals surface area (Å²) in [5.41, 5.74) is 0.920. The standard InChI is InChI=1S/C13H16O3/c1-3-16-13(15)10(2)12(14)9-11-7-5-4-6-8-11/h4-8,10H,3,9H2,1-2H3. The van der Waals surface area contributed by atoms with Crippen molar-refractivity contribution in [2.45, 2.75) is 20.3 Å². The van der Waals surface area contributed by atoms with Crippen LogP contribution < -0.4 is 0 Å². The molecule has 1 aromatic rings. The highest BCUT2D eigenvalue weighted by Gasteiger charge is 2.22. The third-order valence-electron chi connectivity index (χ3n) is 2.34. The minimum absolute atomic E-state index is 0.107. The van der Waals surface area contributed by atoms with Crippen LogP contribution in [0.5, 0.6) is 0 Å². The van der Waals surface area contributed by atoms with Gasteiger partial charge in [0.25, 0.3) is 0 Å². The van der Waals surface area contributed by atoms with Crippen LogP contribution in [0.25, 0.3) is 0 Å². The number of benzene rings is 1. The molecule has 0 aliphatic carbocycles. The summed E-state index contributed by atoms with van der Waals surface area (Å²) in [6.07, 6.45) is 0.279. The molecule has 0 radical (unpaired) electrons. The van der Waals surface area contributed by atoms with Gasteiger partial charge in [-0.1, -0.05) is 30.3 Å². The highest BCUT2D eigenvalue weighted by atomic mass is 16.5. The van der Waals surface area contributed by atoms with E-state index in [2.05, 4.69) is 0 Å². The van der Waals surface area contributed by atoms with Gasteiger partial charge in [0.05, 0.1) is 6.61 Å². The van der Waals surface area contributed by atoms with Crippen molar-refractivity contribution in [3.05, 3.63) is 35.9 Å². The van der Waals surface area contributed by atoms with Crippen molar-refractivity contribution >= 4 is 11.8 Å². The molecule has 1 aromatic carbocycles. The smallest absolute Gasteiger partial charge is 0.316 e. The number of rotatable bonds is 5. The van der Waals surface area contributed by atoms with Crippen LogP contribution in [0.3, 0.4) is 0 Å². The van der Waals surface area contributed by atoms with Crippen molar-refractivity contribution in [3.63, 3.8) is 0 Å². The van der Waals surface area contributed by atoms with E-state index in [1.54, 1.807) is 13.8 Å². The average Bonchev–Trinajstić information content (AvgIpc) is 2.29. The number of ketones is 1. The van der Waals surface area contributed by atoms with E-state index in [-0.39, 0.29) is 12.2 Å². The van der Waals surface area contributed by atoms with Crippen LogP contribution in [-0.4, -0.2) is 18.4 Å². The Bertz CT molecular complexity index is 357. The van der Waals surface area contributed by atoms with Crippen LogP contribution in [0.4, 0.5) is 0 Å². The first-order valence-corrected chi connectivity index (χ1v) is 5.38. The fourth-order valence-electron chi connectivity index (χ4n) is 1.35. The molecule has 1 rings (SSSR count). The van der Waals surface area contributed by atoms with E-state index in [9.17, 15) is 9.59 Å². The van der Waals surface area contributed by atoms with Gasteiger partial charge in [-0.25, -0.2) is 0 Å². The topological polar surface area (TPSA) is 43.4 Å². The second-order valence-electron chi connectivity index (χ2n) is 3.60. The molecule has 1 atom stereocenters. The fraction of sp³-hybridized carbons (Fsp3) is 0.385. The second-order valence-corrected chi connectivity index (χ2v) is 3.60. The van der Waals surface area contributed by atoms with Crippen molar-refractivity contribution in [2.24, 2.45) is 5.92 Å². The van der Waals surface area contributed by atoms with E-state index in [0.717, 1.165) is 5.56 Å². The monoisotopic (exact) mass is 220 g/mol. The molecule has 0 bridgehead atoms. The second kappa shape index (κ2) is 6.05. The van der Waals surface area contributed by atoms with Crippen molar-refractivity contribution in [1.82, 2.24) is 0 Å². The van der Waals surface area contributed by atoms with Crippen LogP contribution >= 0.6 is 0 Å². The van der Waals surface area contributed by atoms with Crippen LogP contribution in [-0.2, 0) is 20.7 Å². The molecular formula is C13H16O3. The lowest BCUT2D eigenvalue weighted by atomic mass is 10.00. The quantitative estimate of drug-likeness (QED) is 0.563. The SMILES string of the molecule is CCOC(=O)C(C)C(=O)Cc1ccccc1. The van der Waals surface area contributed by atoms with Gasteiger partial charge in [-0.05, 0) is 19.4 Å².